The van der Waals surface area contributed by atoms with Crippen molar-refractivity contribution in [1.82, 2.24) is 9.88 Å². The minimum Gasteiger partial charge on any atom is -0.345 e. The van der Waals surface area contributed by atoms with Crippen molar-refractivity contribution < 1.29 is 4.79 Å². The van der Waals surface area contributed by atoms with Crippen molar-refractivity contribution in [3.05, 3.63) is 52.5 Å². The number of piperazine rings is 1. The van der Waals surface area contributed by atoms with Crippen LogP contribution in [0.3, 0.4) is 0 Å². The molecular formula is C23H26ClN3OS2. The molecule has 0 N–H and O–H groups in total. The topological polar surface area (TPSA) is 36.4 Å². The molecule has 0 spiro atoms. The van der Waals surface area contributed by atoms with E-state index in [-0.39, 0.29) is 5.91 Å². The Kier molecular flexibility index (Phi) is 6.86. The van der Waals surface area contributed by atoms with Crippen LogP contribution in [0.15, 0.2) is 41.3 Å². The molecule has 2 heterocycles. The predicted molar refractivity (Wildman–Crippen MR) is 129 cm³/mol. The van der Waals surface area contributed by atoms with Gasteiger partial charge in [-0.2, -0.15) is 0 Å². The van der Waals surface area contributed by atoms with Crippen LogP contribution in [0.1, 0.15) is 24.0 Å². The zero-order valence-corrected chi connectivity index (χ0v) is 19.7. The van der Waals surface area contributed by atoms with E-state index in [1.54, 1.807) is 11.3 Å². The smallest absolute Gasteiger partial charge is 0.222 e. The van der Waals surface area contributed by atoms with E-state index in [0.29, 0.717) is 6.42 Å². The fourth-order valence-corrected chi connectivity index (χ4v) is 5.80. The fourth-order valence-electron chi connectivity index (χ4n) is 3.58. The standard InChI is InChI=1S/C23H26ClN3OS2/c1-16-5-8-18(9-6-16)29-15-3-4-20(28)26-11-13-27(14-12-26)23-25-21-17(2)7-10-19(24)22(21)30-23/h5-10H,3-4,11-15H2,1-2H3. The zero-order valence-electron chi connectivity index (χ0n) is 17.4. The molecule has 4 rings (SSSR count). The van der Waals surface area contributed by atoms with E-state index < -0.39 is 0 Å². The van der Waals surface area contributed by atoms with E-state index in [1.165, 1.54) is 10.5 Å². The monoisotopic (exact) mass is 459 g/mol. The first-order valence-corrected chi connectivity index (χ1v) is 12.5. The van der Waals surface area contributed by atoms with Gasteiger partial charge in [0, 0.05) is 37.5 Å². The highest BCUT2D eigenvalue weighted by atomic mass is 35.5. The summed E-state index contributed by atoms with van der Waals surface area (Å²) in [6.07, 6.45) is 1.53. The number of fused-ring (bicyclic) bond motifs is 1. The molecule has 158 valence electrons. The molecule has 0 unspecified atom stereocenters. The van der Waals surface area contributed by atoms with Gasteiger partial charge < -0.3 is 9.80 Å². The van der Waals surface area contributed by atoms with Crippen LogP contribution < -0.4 is 4.90 Å². The molecule has 0 radical (unpaired) electrons. The van der Waals surface area contributed by atoms with Gasteiger partial charge in [-0.25, -0.2) is 4.98 Å². The van der Waals surface area contributed by atoms with E-state index in [2.05, 4.69) is 43.0 Å². The summed E-state index contributed by atoms with van der Waals surface area (Å²) in [6.45, 7) is 7.32. The van der Waals surface area contributed by atoms with Gasteiger partial charge in [-0.05, 0) is 49.8 Å². The quantitative estimate of drug-likeness (QED) is 0.345. The summed E-state index contributed by atoms with van der Waals surface area (Å²) < 4.78 is 1.05. The van der Waals surface area contributed by atoms with E-state index in [0.717, 1.165) is 64.3 Å². The lowest BCUT2D eigenvalue weighted by atomic mass is 10.2. The van der Waals surface area contributed by atoms with E-state index >= 15 is 0 Å². The number of hydrogen-bond donors (Lipinski definition) is 0. The number of benzene rings is 2. The first-order valence-electron chi connectivity index (χ1n) is 10.3. The molecule has 0 saturated carbocycles. The Morgan fingerprint density at radius 2 is 1.83 bits per heavy atom. The second-order valence-corrected chi connectivity index (χ2v) is 10.2. The minimum absolute atomic E-state index is 0.266. The van der Waals surface area contributed by atoms with Gasteiger partial charge in [0.25, 0.3) is 0 Å². The van der Waals surface area contributed by atoms with Crippen LogP contribution in [0.2, 0.25) is 5.02 Å². The van der Waals surface area contributed by atoms with E-state index in [1.807, 2.05) is 28.8 Å². The maximum Gasteiger partial charge on any atom is 0.222 e. The second-order valence-electron chi connectivity index (χ2n) is 7.67. The van der Waals surface area contributed by atoms with Gasteiger partial charge in [-0.3, -0.25) is 4.79 Å². The third-order valence-electron chi connectivity index (χ3n) is 5.41. The van der Waals surface area contributed by atoms with Gasteiger partial charge in [0.15, 0.2) is 5.13 Å². The first-order chi connectivity index (χ1) is 14.5. The third-order valence-corrected chi connectivity index (χ3v) is 8.09. The van der Waals surface area contributed by atoms with Crippen LogP contribution in [0.5, 0.6) is 0 Å². The molecule has 1 saturated heterocycles. The molecule has 7 heteroatoms. The summed E-state index contributed by atoms with van der Waals surface area (Å²) in [6, 6.07) is 12.5. The fraction of sp³-hybridized carbons (Fsp3) is 0.391. The number of carbonyl (C=O) groups excluding carboxylic acids is 1. The minimum atomic E-state index is 0.266. The van der Waals surface area contributed by atoms with Gasteiger partial charge in [0.2, 0.25) is 5.91 Å². The Bertz CT molecular complexity index is 988. The second kappa shape index (κ2) is 9.58. The molecule has 0 atom stereocenters. The molecule has 1 aromatic heterocycles. The lowest BCUT2D eigenvalue weighted by Gasteiger charge is -2.34. The molecule has 1 amide bonds. The number of thioether (sulfide) groups is 1. The normalized spacial score (nSPS) is 14.5. The molecule has 1 aliphatic heterocycles. The van der Waals surface area contributed by atoms with Gasteiger partial charge in [0.05, 0.1) is 15.2 Å². The number of thiazole rings is 1. The zero-order chi connectivity index (χ0) is 21.1. The highest BCUT2D eigenvalue weighted by Crippen LogP contribution is 2.35. The average molecular weight is 460 g/mol. The largest absolute Gasteiger partial charge is 0.345 e. The molecule has 0 aliphatic carbocycles. The van der Waals surface area contributed by atoms with Crippen molar-refractivity contribution in [1.29, 1.82) is 0 Å². The molecule has 4 nitrogen and oxygen atoms in total. The van der Waals surface area contributed by atoms with E-state index in [4.69, 9.17) is 16.6 Å². The molecule has 30 heavy (non-hydrogen) atoms. The van der Waals surface area contributed by atoms with Crippen molar-refractivity contribution in [2.24, 2.45) is 0 Å². The summed E-state index contributed by atoms with van der Waals surface area (Å²) in [7, 11) is 0. The summed E-state index contributed by atoms with van der Waals surface area (Å²) in [5.74, 6) is 1.24. The number of halogens is 1. The highest BCUT2D eigenvalue weighted by Gasteiger charge is 2.23. The van der Waals surface area contributed by atoms with Crippen LogP contribution >= 0.6 is 34.7 Å². The maximum atomic E-state index is 12.6. The molecule has 1 aliphatic rings. The number of anilines is 1. The van der Waals surface area contributed by atoms with Crippen molar-refractivity contribution in [2.75, 3.05) is 36.8 Å². The van der Waals surface area contributed by atoms with Crippen molar-refractivity contribution in [2.45, 2.75) is 31.6 Å². The van der Waals surface area contributed by atoms with Crippen LogP contribution in [0.4, 0.5) is 5.13 Å². The number of carbonyl (C=O) groups is 1. The molecule has 1 fully saturated rings. The number of nitrogens with zero attached hydrogens (tertiary/aromatic N) is 3. The number of hydrogen-bond acceptors (Lipinski definition) is 5. The van der Waals surface area contributed by atoms with Crippen LogP contribution in [-0.4, -0.2) is 47.7 Å². The van der Waals surface area contributed by atoms with Crippen LogP contribution in [-0.2, 0) is 4.79 Å². The molecular weight excluding hydrogens is 434 g/mol. The molecule has 3 aromatic rings. The summed E-state index contributed by atoms with van der Waals surface area (Å²) in [5.41, 5.74) is 3.42. The Labute approximate surface area is 191 Å². The van der Waals surface area contributed by atoms with Crippen LogP contribution in [0.25, 0.3) is 10.2 Å². The molecule has 2 aromatic carbocycles. The Morgan fingerprint density at radius 1 is 1.10 bits per heavy atom. The lowest BCUT2D eigenvalue weighted by Crippen LogP contribution is -2.48. The first kappa shape index (κ1) is 21.5. The van der Waals surface area contributed by atoms with Crippen LogP contribution in [0, 0.1) is 13.8 Å². The summed E-state index contributed by atoms with van der Waals surface area (Å²) in [5, 5.41) is 1.76. The SMILES string of the molecule is Cc1ccc(SCCCC(=O)N2CCN(c3nc4c(C)ccc(Cl)c4s3)CC2)cc1. The molecule has 0 bridgehead atoms. The highest BCUT2D eigenvalue weighted by molar-refractivity contribution is 7.99. The van der Waals surface area contributed by atoms with Crippen molar-refractivity contribution in [3.8, 4) is 0 Å². The van der Waals surface area contributed by atoms with Crippen molar-refractivity contribution >= 4 is 56.0 Å². The Hall–Kier alpha value is -1.76. The maximum absolute atomic E-state index is 12.6. The summed E-state index contributed by atoms with van der Waals surface area (Å²) in [4.78, 5) is 23.0. The lowest BCUT2D eigenvalue weighted by molar-refractivity contribution is -0.131. The Balaban J connectivity index is 1.25. The predicted octanol–water partition coefficient (Wildman–Crippen LogP) is 5.79. The van der Waals surface area contributed by atoms with Gasteiger partial charge in [-0.1, -0.05) is 46.7 Å². The Morgan fingerprint density at radius 3 is 2.53 bits per heavy atom. The van der Waals surface area contributed by atoms with Crippen molar-refractivity contribution in [3.63, 3.8) is 0 Å². The number of rotatable bonds is 6. The summed E-state index contributed by atoms with van der Waals surface area (Å²) >= 11 is 9.82. The van der Waals surface area contributed by atoms with Gasteiger partial charge in [-0.15, -0.1) is 11.8 Å². The number of aromatic nitrogens is 1. The van der Waals surface area contributed by atoms with Gasteiger partial charge in [0.1, 0.15) is 0 Å². The number of amides is 1. The number of aryl methyl sites for hydroxylation is 2. The van der Waals surface area contributed by atoms with Gasteiger partial charge >= 0.3 is 0 Å². The van der Waals surface area contributed by atoms with E-state index in [9.17, 15) is 4.79 Å². The average Bonchev–Trinajstić information content (AvgIpc) is 3.22. The third kappa shape index (κ3) is 4.93.